The van der Waals surface area contributed by atoms with Crippen molar-refractivity contribution >= 4 is 32.9 Å². The first-order chi connectivity index (χ1) is 26.5. The van der Waals surface area contributed by atoms with Crippen molar-refractivity contribution in [3.8, 4) is 21.7 Å². The summed E-state index contributed by atoms with van der Waals surface area (Å²) >= 11 is 1.78. The van der Waals surface area contributed by atoms with Crippen molar-refractivity contribution in [3.63, 3.8) is 0 Å². The van der Waals surface area contributed by atoms with E-state index in [4.69, 9.17) is 4.98 Å². The first-order valence-corrected chi connectivity index (χ1v) is 21.2. The molecular formula is C51H57AuN3S-2. The third kappa shape index (κ3) is 7.59. The Morgan fingerprint density at radius 1 is 0.643 bits per heavy atom. The maximum absolute atomic E-state index is 4.87. The summed E-state index contributed by atoms with van der Waals surface area (Å²) in [6.45, 7) is 25.1. The number of hydrogen-bond donors (Lipinski definition) is 0. The van der Waals surface area contributed by atoms with Crippen molar-refractivity contribution in [2.24, 2.45) is 0 Å². The molecule has 0 atom stereocenters. The number of para-hydroxylation sites is 3. The molecule has 5 heteroatoms. The molecule has 0 bridgehead atoms. The average Bonchev–Trinajstić information content (AvgIpc) is 3.92. The quantitative estimate of drug-likeness (QED) is 0.106. The topological polar surface area (TPSA) is 19.4 Å². The molecule has 1 aromatic heterocycles. The second kappa shape index (κ2) is 17.3. The molecule has 1 radical (unpaired) electrons. The van der Waals surface area contributed by atoms with Gasteiger partial charge in [0.05, 0.1) is 10.2 Å². The molecule has 0 saturated carbocycles. The van der Waals surface area contributed by atoms with E-state index in [2.05, 4.69) is 195 Å². The third-order valence-electron chi connectivity index (χ3n) is 11.8. The van der Waals surface area contributed by atoms with Gasteiger partial charge in [0.15, 0.2) is 0 Å². The summed E-state index contributed by atoms with van der Waals surface area (Å²) in [4.78, 5) is 9.52. The van der Waals surface area contributed by atoms with Crippen LogP contribution >= 0.6 is 11.3 Å². The van der Waals surface area contributed by atoms with E-state index in [-0.39, 0.29) is 27.8 Å². The molecule has 295 valence electrons. The van der Waals surface area contributed by atoms with E-state index >= 15 is 0 Å². The summed E-state index contributed by atoms with van der Waals surface area (Å²) in [5.74, 6) is 1.92. The summed E-state index contributed by atoms with van der Waals surface area (Å²) in [5.41, 5.74) is 16.3. The van der Waals surface area contributed by atoms with Gasteiger partial charge < -0.3 is 9.80 Å². The van der Waals surface area contributed by atoms with Crippen LogP contribution in [0, 0.1) is 12.7 Å². The van der Waals surface area contributed by atoms with Crippen LogP contribution in [0.3, 0.4) is 0 Å². The molecule has 6 aromatic rings. The zero-order valence-corrected chi connectivity index (χ0v) is 37.7. The summed E-state index contributed by atoms with van der Waals surface area (Å²) in [6, 6.07) is 38.6. The molecule has 0 fully saturated rings. The van der Waals surface area contributed by atoms with E-state index in [9.17, 15) is 0 Å². The van der Waals surface area contributed by atoms with Crippen LogP contribution in [0.4, 0.5) is 11.4 Å². The van der Waals surface area contributed by atoms with Crippen LogP contribution in [0.2, 0.25) is 0 Å². The number of fused-ring (bicyclic) bond motifs is 4. The van der Waals surface area contributed by atoms with Crippen LogP contribution in [0.25, 0.3) is 31.9 Å². The normalized spacial score (nSPS) is 14.1. The summed E-state index contributed by atoms with van der Waals surface area (Å²) in [5, 5.41) is 1.11. The molecule has 0 saturated heterocycles. The summed E-state index contributed by atoms with van der Waals surface area (Å²) in [6.07, 6.45) is 6.64. The van der Waals surface area contributed by atoms with Crippen molar-refractivity contribution in [3.05, 3.63) is 156 Å². The van der Waals surface area contributed by atoms with Gasteiger partial charge in [-0.2, -0.15) is 24.3 Å². The molecule has 0 spiro atoms. The molecule has 56 heavy (non-hydrogen) atoms. The van der Waals surface area contributed by atoms with E-state index in [1.165, 1.54) is 66.1 Å². The fourth-order valence-electron chi connectivity index (χ4n) is 8.76. The minimum absolute atomic E-state index is 0. The van der Waals surface area contributed by atoms with Crippen LogP contribution in [-0.4, -0.2) is 4.98 Å². The predicted molar refractivity (Wildman–Crippen MR) is 238 cm³/mol. The van der Waals surface area contributed by atoms with Crippen molar-refractivity contribution in [1.29, 1.82) is 0 Å². The van der Waals surface area contributed by atoms with Crippen LogP contribution in [0.5, 0.6) is 0 Å². The maximum Gasteiger partial charge on any atom is 0.124 e. The van der Waals surface area contributed by atoms with Gasteiger partial charge in [0.25, 0.3) is 0 Å². The molecule has 0 unspecified atom stereocenters. The van der Waals surface area contributed by atoms with Gasteiger partial charge in [-0.3, -0.25) is 0 Å². The smallest absolute Gasteiger partial charge is 0.124 e. The number of nitrogens with zero attached hydrogens (tertiary/aromatic N) is 3. The van der Waals surface area contributed by atoms with E-state index in [1.54, 1.807) is 11.3 Å². The Morgan fingerprint density at radius 3 is 1.66 bits per heavy atom. The predicted octanol–water partition coefficient (Wildman–Crippen LogP) is 14.9. The average molecular weight is 941 g/mol. The van der Waals surface area contributed by atoms with Gasteiger partial charge in [0.2, 0.25) is 0 Å². The van der Waals surface area contributed by atoms with E-state index in [0.717, 1.165) is 23.4 Å². The fraction of sp³-hybridized carbons (Fsp3) is 0.333. The van der Waals surface area contributed by atoms with Crippen molar-refractivity contribution < 1.29 is 22.4 Å². The van der Waals surface area contributed by atoms with E-state index in [0.29, 0.717) is 23.7 Å². The fourth-order valence-corrected chi connectivity index (χ4v) is 9.72. The van der Waals surface area contributed by atoms with Gasteiger partial charge in [-0.1, -0.05) is 143 Å². The number of benzene rings is 5. The van der Waals surface area contributed by atoms with Gasteiger partial charge >= 0.3 is 0 Å². The number of anilines is 2. The van der Waals surface area contributed by atoms with Gasteiger partial charge in [-0.15, -0.1) is 29.1 Å². The van der Waals surface area contributed by atoms with Gasteiger partial charge in [0, 0.05) is 39.3 Å². The van der Waals surface area contributed by atoms with Gasteiger partial charge in [-0.25, -0.2) is 4.98 Å². The van der Waals surface area contributed by atoms with Crippen LogP contribution in [-0.2, 0) is 27.8 Å². The van der Waals surface area contributed by atoms with Crippen molar-refractivity contribution in [2.75, 3.05) is 9.80 Å². The molecule has 0 N–H and O–H groups in total. The van der Waals surface area contributed by atoms with E-state index in [1.807, 2.05) is 6.07 Å². The minimum Gasteiger partial charge on any atom is -0.479 e. The molecule has 0 amide bonds. The Bertz CT molecular complexity index is 2170. The minimum atomic E-state index is 0. The summed E-state index contributed by atoms with van der Waals surface area (Å²) < 4.78 is 1.25. The first kappa shape index (κ1) is 41.7. The van der Waals surface area contributed by atoms with Crippen molar-refractivity contribution in [2.45, 2.75) is 111 Å². The molecule has 1 aliphatic carbocycles. The van der Waals surface area contributed by atoms with Crippen LogP contribution in [0.1, 0.15) is 139 Å². The SMILES string of the molecule is CC(C)c1cccc(C(C)C)c1N1C=CN(c2c(C(C)C)cccc2C(C)C)[CH-]1.CCC1(CC)c2c[c-]ccc2-c2ccc(-c3nc4ccccc4s3)cc21.[Au]. The zero-order chi connectivity index (χ0) is 39.0. The second-order valence-electron chi connectivity index (χ2n) is 16.4. The van der Waals surface area contributed by atoms with E-state index < -0.39 is 0 Å². The molecule has 5 aromatic carbocycles. The number of rotatable bonds is 9. The van der Waals surface area contributed by atoms with Crippen molar-refractivity contribution in [1.82, 2.24) is 4.98 Å². The number of aromatic nitrogens is 1. The first-order valence-electron chi connectivity index (χ1n) is 20.4. The molecule has 2 aliphatic rings. The Labute approximate surface area is 356 Å². The molecule has 3 nitrogen and oxygen atoms in total. The Balaban J connectivity index is 0.000000187. The number of thiazole rings is 1. The standard InChI is InChI=1S/C27H37N2.C24H20NS.Au/c1-18(2)22-11-9-12-23(19(3)4)26(22)28-15-16-29(17-28)27-24(20(5)6)13-10-14-25(27)21(7)8;1-3-24(4-2)19-10-6-5-9-17(19)18-14-13-16(15-20(18)24)23-25-21-11-7-8-12-22(21)26-23;/h9-21H,1-8H3;5,7-15H,3-4H2,1-2H3;/q2*-1;. The van der Waals surface area contributed by atoms with Gasteiger partial charge in [-0.05, 0) is 93.1 Å². The maximum atomic E-state index is 4.87. The Kier molecular flexibility index (Phi) is 12.9. The molecule has 2 heterocycles. The molecule has 1 aliphatic heterocycles. The Hall–Kier alpha value is -3.93. The summed E-state index contributed by atoms with van der Waals surface area (Å²) in [7, 11) is 0. The molecular weight excluding hydrogens is 884 g/mol. The number of hydrogen-bond acceptors (Lipinski definition) is 4. The third-order valence-corrected chi connectivity index (χ3v) is 12.9. The molecule has 8 rings (SSSR count). The zero-order valence-electron chi connectivity index (χ0n) is 34.7. The monoisotopic (exact) mass is 940 g/mol. The Morgan fingerprint density at radius 2 is 1.16 bits per heavy atom. The van der Waals surface area contributed by atoms with Gasteiger partial charge in [0.1, 0.15) is 5.01 Å². The second-order valence-corrected chi connectivity index (χ2v) is 17.5. The largest absolute Gasteiger partial charge is 0.479 e. The van der Waals surface area contributed by atoms with Crippen LogP contribution < -0.4 is 9.80 Å². The van der Waals surface area contributed by atoms with Crippen LogP contribution in [0.15, 0.2) is 109 Å².